The number of rotatable bonds is 0. The lowest BCUT2D eigenvalue weighted by molar-refractivity contribution is -0.116. The monoisotopic (exact) mass is 285 g/mol. The van der Waals surface area contributed by atoms with Gasteiger partial charge in [-0.3, -0.25) is 4.79 Å². The number of para-hydroxylation sites is 2. The SMILES string of the molecule is O=C1CC2CNCC(Cl)(Cl)N2c2ccccc2N1. The minimum absolute atomic E-state index is 0.0113. The highest BCUT2D eigenvalue weighted by atomic mass is 35.5. The molecule has 1 aromatic rings. The molecule has 96 valence electrons. The Morgan fingerprint density at radius 1 is 1.33 bits per heavy atom. The summed E-state index contributed by atoms with van der Waals surface area (Å²) in [4.78, 5) is 13.8. The average molecular weight is 286 g/mol. The van der Waals surface area contributed by atoms with E-state index in [1.54, 1.807) is 0 Å². The molecule has 1 saturated heterocycles. The van der Waals surface area contributed by atoms with E-state index in [4.69, 9.17) is 23.2 Å². The molecule has 1 fully saturated rings. The van der Waals surface area contributed by atoms with Crippen molar-refractivity contribution in [3.8, 4) is 0 Å². The number of fused-ring (bicyclic) bond motifs is 3. The summed E-state index contributed by atoms with van der Waals surface area (Å²) in [5.41, 5.74) is 1.64. The third kappa shape index (κ3) is 1.94. The summed E-state index contributed by atoms with van der Waals surface area (Å²) in [5, 5.41) is 6.06. The molecule has 2 aliphatic rings. The van der Waals surface area contributed by atoms with Gasteiger partial charge >= 0.3 is 0 Å². The first-order chi connectivity index (χ1) is 8.58. The Hall–Kier alpha value is -0.970. The van der Waals surface area contributed by atoms with Crippen LogP contribution in [-0.4, -0.2) is 29.5 Å². The van der Waals surface area contributed by atoms with Gasteiger partial charge in [-0.15, -0.1) is 0 Å². The largest absolute Gasteiger partial charge is 0.333 e. The summed E-state index contributed by atoms with van der Waals surface area (Å²) < 4.78 is -1.04. The van der Waals surface area contributed by atoms with E-state index in [2.05, 4.69) is 10.6 Å². The van der Waals surface area contributed by atoms with E-state index >= 15 is 0 Å². The van der Waals surface area contributed by atoms with Gasteiger partial charge in [-0.25, -0.2) is 0 Å². The lowest BCUT2D eigenvalue weighted by atomic mass is 10.1. The highest BCUT2D eigenvalue weighted by Crippen LogP contribution is 2.41. The first-order valence-corrected chi connectivity index (χ1v) is 6.60. The predicted octanol–water partition coefficient (Wildman–Crippen LogP) is 1.94. The predicted molar refractivity (Wildman–Crippen MR) is 73.3 cm³/mol. The molecule has 3 rings (SSSR count). The standard InChI is InChI=1S/C12H13Cl2N3O/c13-12(14)7-15-6-8-5-11(18)16-9-3-1-2-4-10(9)17(8)12/h1-4,8,15H,5-7H2,(H,16,18). The van der Waals surface area contributed by atoms with Crippen molar-refractivity contribution in [2.45, 2.75) is 16.9 Å². The molecule has 1 aromatic carbocycles. The van der Waals surface area contributed by atoms with Crippen molar-refractivity contribution in [2.24, 2.45) is 0 Å². The van der Waals surface area contributed by atoms with Crippen LogP contribution in [0.3, 0.4) is 0 Å². The number of benzene rings is 1. The van der Waals surface area contributed by atoms with E-state index < -0.39 is 4.46 Å². The van der Waals surface area contributed by atoms with Crippen molar-refractivity contribution in [1.29, 1.82) is 0 Å². The van der Waals surface area contributed by atoms with Crippen molar-refractivity contribution in [2.75, 3.05) is 23.3 Å². The molecule has 4 nitrogen and oxygen atoms in total. The number of nitrogens with zero attached hydrogens (tertiary/aromatic N) is 1. The van der Waals surface area contributed by atoms with Gasteiger partial charge in [-0.2, -0.15) is 0 Å². The summed E-state index contributed by atoms with van der Waals surface area (Å²) in [6.45, 7) is 1.16. The average Bonchev–Trinajstić information content (AvgIpc) is 2.44. The van der Waals surface area contributed by atoms with Gasteiger partial charge in [0.05, 0.1) is 17.4 Å². The maximum absolute atomic E-state index is 11.9. The number of piperazine rings is 1. The van der Waals surface area contributed by atoms with E-state index in [9.17, 15) is 4.79 Å². The van der Waals surface area contributed by atoms with Crippen LogP contribution in [0.5, 0.6) is 0 Å². The number of carbonyl (C=O) groups excluding carboxylic acids is 1. The van der Waals surface area contributed by atoms with E-state index in [0.29, 0.717) is 19.5 Å². The quantitative estimate of drug-likeness (QED) is 0.566. The van der Waals surface area contributed by atoms with Crippen molar-refractivity contribution in [1.82, 2.24) is 5.32 Å². The van der Waals surface area contributed by atoms with Crippen LogP contribution in [0.25, 0.3) is 0 Å². The Kier molecular flexibility index (Phi) is 2.88. The van der Waals surface area contributed by atoms with Crippen molar-refractivity contribution < 1.29 is 4.79 Å². The van der Waals surface area contributed by atoms with Crippen molar-refractivity contribution in [3.63, 3.8) is 0 Å². The Morgan fingerprint density at radius 3 is 2.94 bits per heavy atom. The van der Waals surface area contributed by atoms with E-state index in [0.717, 1.165) is 11.4 Å². The van der Waals surface area contributed by atoms with Crippen LogP contribution in [0.15, 0.2) is 24.3 Å². The smallest absolute Gasteiger partial charge is 0.226 e. The number of anilines is 2. The van der Waals surface area contributed by atoms with Crippen molar-refractivity contribution in [3.05, 3.63) is 24.3 Å². The number of hydrogen-bond donors (Lipinski definition) is 2. The van der Waals surface area contributed by atoms with Crippen LogP contribution in [0.1, 0.15) is 6.42 Å². The molecule has 2 aliphatic heterocycles. The molecular weight excluding hydrogens is 273 g/mol. The topological polar surface area (TPSA) is 44.4 Å². The molecular formula is C12H13Cl2N3O. The third-order valence-corrected chi connectivity index (χ3v) is 3.93. The highest BCUT2D eigenvalue weighted by molar-refractivity contribution is 6.50. The lowest BCUT2D eigenvalue weighted by Gasteiger charge is -2.45. The molecule has 2 N–H and O–H groups in total. The Bertz CT molecular complexity index is 492. The minimum atomic E-state index is -1.04. The van der Waals surface area contributed by atoms with Crippen LogP contribution < -0.4 is 15.5 Å². The minimum Gasteiger partial charge on any atom is -0.333 e. The van der Waals surface area contributed by atoms with Gasteiger partial charge in [0, 0.05) is 19.5 Å². The van der Waals surface area contributed by atoms with Crippen LogP contribution in [0, 0.1) is 0 Å². The van der Waals surface area contributed by atoms with Gasteiger partial charge in [0.2, 0.25) is 10.4 Å². The molecule has 18 heavy (non-hydrogen) atoms. The normalized spacial score (nSPS) is 25.8. The summed E-state index contributed by atoms with van der Waals surface area (Å²) in [6.07, 6.45) is 0.378. The van der Waals surface area contributed by atoms with Gasteiger partial charge in [0.1, 0.15) is 0 Å². The molecule has 1 atom stereocenters. The summed E-state index contributed by atoms with van der Waals surface area (Å²) >= 11 is 12.8. The molecule has 6 heteroatoms. The van der Waals surface area contributed by atoms with Crippen LogP contribution >= 0.6 is 23.2 Å². The second kappa shape index (κ2) is 4.30. The first-order valence-electron chi connectivity index (χ1n) is 5.85. The number of carbonyl (C=O) groups is 1. The zero-order chi connectivity index (χ0) is 12.8. The molecule has 0 spiro atoms. The molecule has 1 unspecified atom stereocenters. The van der Waals surface area contributed by atoms with E-state index in [1.165, 1.54) is 0 Å². The summed E-state index contributed by atoms with van der Waals surface area (Å²) in [6, 6.07) is 7.56. The Balaban J connectivity index is 2.12. The maximum Gasteiger partial charge on any atom is 0.226 e. The molecule has 0 radical (unpaired) electrons. The molecule has 2 heterocycles. The van der Waals surface area contributed by atoms with Crippen LogP contribution in [-0.2, 0) is 4.79 Å². The van der Waals surface area contributed by atoms with Crippen LogP contribution in [0.2, 0.25) is 0 Å². The molecule has 0 aromatic heterocycles. The molecule has 0 aliphatic carbocycles. The number of halogens is 2. The fourth-order valence-corrected chi connectivity index (χ4v) is 3.22. The first kappa shape index (κ1) is 12.1. The lowest BCUT2D eigenvalue weighted by Crippen LogP contribution is -2.60. The number of amides is 1. The number of alkyl halides is 2. The zero-order valence-electron chi connectivity index (χ0n) is 9.62. The second-order valence-electron chi connectivity index (χ2n) is 4.59. The maximum atomic E-state index is 11.9. The van der Waals surface area contributed by atoms with Gasteiger partial charge in [0.25, 0.3) is 0 Å². The van der Waals surface area contributed by atoms with Gasteiger partial charge in [-0.1, -0.05) is 35.3 Å². The Morgan fingerprint density at radius 2 is 2.11 bits per heavy atom. The fourth-order valence-electron chi connectivity index (χ4n) is 2.57. The van der Waals surface area contributed by atoms with Crippen molar-refractivity contribution >= 4 is 40.5 Å². The molecule has 1 amide bonds. The molecule has 0 bridgehead atoms. The zero-order valence-corrected chi connectivity index (χ0v) is 11.1. The number of hydrogen-bond acceptors (Lipinski definition) is 3. The van der Waals surface area contributed by atoms with Crippen LogP contribution in [0.4, 0.5) is 11.4 Å². The van der Waals surface area contributed by atoms with E-state index in [-0.39, 0.29) is 11.9 Å². The second-order valence-corrected chi connectivity index (χ2v) is 6.03. The van der Waals surface area contributed by atoms with Gasteiger partial charge in [0.15, 0.2) is 0 Å². The highest BCUT2D eigenvalue weighted by Gasteiger charge is 2.43. The number of nitrogens with one attached hydrogen (secondary N) is 2. The fraction of sp³-hybridized carbons (Fsp3) is 0.417. The Labute approximate surface area is 115 Å². The summed E-state index contributed by atoms with van der Waals surface area (Å²) in [7, 11) is 0. The molecule has 0 saturated carbocycles. The summed E-state index contributed by atoms with van der Waals surface area (Å²) in [5.74, 6) is -0.0113. The van der Waals surface area contributed by atoms with E-state index in [1.807, 2.05) is 29.2 Å². The van der Waals surface area contributed by atoms with Gasteiger partial charge in [-0.05, 0) is 12.1 Å². The third-order valence-electron chi connectivity index (χ3n) is 3.29. The van der Waals surface area contributed by atoms with Gasteiger partial charge < -0.3 is 15.5 Å².